The highest BCUT2D eigenvalue weighted by molar-refractivity contribution is 6.19. The molecule has 0 spiro atoms. The first-order valence-corrected chi connectivity index (χ1v) is 16.4. The lowest BCUT2D eigenvalue weighted by atomic mass is 10.0. The summed E-state index contributed by atoms with van der Waals surface area (Å²) in [5.41, 5.74) is 7.07. The smallest absolute Gasteiger partial charge is 0.238 e. The zero-order valence-corrected chi connectivity index (χ0v) is 26.6. The van der Waals surface area contributed by atoms with Crippen molar-refractivity contribution in [1.82, 2.24) is 24.1 Å². The van der Waals surface area contributed by atoms with Crippen LogP contribution >= 0.6 is 0 Å². The van der Waals surface area contributed by atoms with Crippen molar-refractivity contribution in [3.05, 3.63) is 176 Å². The summed E-state index contributed by atoms with van der Waals surface area (Å²) in [6, 6.07) is 46.5. The lowest BCUT2D eigenvalue weighted by Gasteiger charge is -2.12. The van der Waals surface area contributed by atoms with Crippen LogP contribution in [-0.2, 0) is 0 Å². The van der Waals surface area contributed by atoms with Crippen LogP contribution in [-0.4, -0.2) is 24.1 Å². The van der Waals surface area contributed by atoms with Crippen molar-refractivity contribution >= 4 is 43.6 Å². The second-order valence-corrected chi connectivity index (χ2v) is 12.2. The molecule has 0 saturated carbocycles. The normalized spacial score (nSPS) is 13.0. The topological polar surface area (TPSA) is 48.5 Å². The molecule has 5 heteroatoms. The highest BCUT2D eigenvalue weighted by atomic mass is 15.2. The van der Waals surface area contributed by atoms with E-state index in [-0.39, 0.29) is 29.9 Å². The summed E-state index contributed by atoms with van der Waals surface area (Å²) < 4.78 is 46.9. The van der Waals surface area contributed by atoms with Crippen molar-refractivity contribution in [2.45, 2.75) is 0 Å². The van der Waals surface area contributed by atoms with Crippen LogP contribution in [0.4, 0.5) is 0 Å². The minimum absolute atomic E-state index is 0.0898. The molecule has 0 saturated heterocycles. The van der Waals surface area contributed by atoms with Gasteiger partial charge in [-0.05, 0) is 47.5 Å². The summed E-state index contributed by atoms with van der Waals surface area (Å²) in [4.78, 5) is 15.2. The minimum atomic E-state index is -0.434. The van der Waals surface area contributed by atoms with Gasteiger partial charge >= 0.3 is 0 Å². The molecule has 0 atom stereocenters. The number of benzene rings is 7. The van der Waals surface area contributed by atoms with Crippen molar-refractivity contribution in [3.63, 3.8) is 0 Å². The van der Waals surface area contributed by atoms with E-state index in [0.717, 1.165) is 60.3 Å². The molecular formula is C45H29N5. The number of fused-ring (bicyclic) bond motifs is 6. The molecule has 10 rings (SSSR count). The predicted molar refractivity (Wildman–Crippen MR) is 205 cm³/mol. The molecule has 7 aromatic carbocycles. The Morgan fingerprint density at radius 1 is 0.380 bits per heavy atom. The Morgan fingerprint density at radius 2 is 0.860 bits per heavy atom. The van der Waals surface area contributed by atoms with Crippen LogP contribution in [0.5, 0.6) is 0 Å². The van der Waals surface area contributed by atoms with E-state index in [1.807, 2.05) is 114 Å². The van der Waals surface area contributed by atoms with Crippen molar-refractivity contribution in [2.75, 3.05) is 0 Å². The van der Waals surface area contributed by atoms with Gasteiger partial charge < -0.3 is 4.57 Å². The molecule has 0 aliphatic carbocycles. The molecule has 0 fully saturated rings. The fourth-order valence-corrected chi connectivity index (χ4v) is 7.00. The molecule has 0 aliphatic rings. The first kappa shape index (κ1) is 23.5. The molecule has 0 bridgehead atoms. The standard InChI is InChI=1S/C45H29N5/c1-4-14-30(15-5-1)31-24-26-33(27-25-31)44-46-43(32-16-6-2-7-17-32)47-45(48-44)50-40-23-13-11-21-36(40)38-28-37-35-20-10-12-22-39(35)49(41(37)29-42(38)50)34-18-8-3-9-19-34/h1-29H/i3D,8D,9D,18D,19D. The van der Waals surface area contributed by atoms with Crippen LogP contribution < -0.4 is 0 Å². The molecule has 0 N–H and O–H groups in total. The van der Waals surface area contributed by atoms with E-state index >= 15 is 0 Å². The summed E-state index contributed by atoms with van der Waals surface area (Å²) in [5, 5.41) is 3.74. The maximum Gasteiger partial charge on any atom is 0.238 e. The average molecular weight is 645 g/mol. The van der Waals surface area contributed by atoms with Gasteiger partial charge in [0, 0.05) is 38.4 Å². The van der Waals surface area contributed by atoms with Gasteiger partial charge in [0.15, 0.2) is 11.6 Å². The Bertz CT molecular complexity index is 3110. The molecule has 3 aromatic heterocycles. The number of para-hydroxylation sites is 3. The van der Waals surface area contributed by atoms with E-state index in [4.69, 9.17) is 21.8 Å². The fraction of sp³-hybridized carbons (Fsp3) is 0. The van der Waals surface area contributed by atoms with Crippen LogP contribution in [0.25, 0.3) is 89.2 Å². The van der Waals surface area contributed by atoms with Gasteiger partial charge in [-0.15, -0.1) is 0 Å². The Morgan fingerprint density at radius 3 is 1.50 bits per heavy atom. The van der Waals surface area contributed by atoms with Gasteiger partial charge in [-0.2, -0.15) is 9.97 Å². The van der Waals surface area contributed by atoms with E-state index in [9.17, 15) is 0 Å². The average Bonchev–Trinajstić information content (AvgIpc) is 3.74. The number of nitrogens with zero attached hydrogens (tertiary/aromatic N) is 5. The van der Waals surface area contributed by atoms with Gasteiger partial charge in [-0.1, -0.05) is 139 Å². The zero-order chi connectivity index (χ0) is 37.4. The molecule has 0 amide bonds. The highest BCUT2D eigenvalue weighted by Gasteiger charge is 2.21. The number of hydrogen-bond acceptors (Lipinski definition) is 3. The van der Waals surface area contributed by atoms with Crippen LogP contribution in [0, 0.1) is 0 Å². The summed E-state index contributed by atoms with van der Waals surface area (Å²) in [5.74, 6) is 1.46. The monoisotopic (exact) mass is 644 g/mol. The quantitative estimate of drug-likeness (QED) is 0.187. The molecule has 0 unspecified atom stereocenters. The summed E-state index contributed by atoms with van der Waals surface area (Å²) in [7, 11) is 0. The third kappa shape index (κ3) is 4.52. The third-order valence-electron chi connectivity index (χ3n) is 9.28. The van der Waals surface area contributed by atoms with E-state index in [2.05, 4.69) is 36.4 Å². The second-order valence-electron chi connectivity index (χ2n) is 12.2. The lowest BCUT2D eigenvalue weighted by molar-refractivity contribution is 0.953. The molecule has 3 heterocycles. The Balaban J connectivity index is 1.28. The number of aromatic nitrogens is 5. The van der Waals surface area contributed by atoms with E-state index < -0.39 is 6.04 Å². The first-order valence-electron chi connectivity index (χ1n) is 18.9. The molecule has 234 valence electrons. The van der Waals surface area contributed by atoms with Gasteiger partial charge in [0.2, 0.25) is 5.95 Å². The predicted octanol–water partition coefficient (Wildman–Crippen LogP) is 11.1. The van der Waals surface area contributed by atoms with Crippen LogP contribution in [0.3, 0.4) is 0 Å². The second kappa shape index (κ2) is 11.4. The fourth-order valence-electron chi connectivity index (χ4n) is 7.00. The van der Waals surface area contributed by atoms with Crippen molar-refractivity contribution < 1.29 is 6.85 Å². The van der Waals surface area contributed by atoms with Gasteiger partial charge in [-0.3, -0.25) is 4.57 Å². The summed E-state index contributed by atoms with van der Waals surface area (Å²) in [6.07, 6.45) is 0. The molecule has 0 aliphatic heterocycles. The Kier molecular flexibility index (Phi) is 5.35. The maximum absolute atomic E-state index is 8.94. The minimum Gasteiger partial charge on any atom is -0.309 e. The molecule has 50 heavy (non-hydrogen) atoms. The first-order chi connectivity index (χ1) is 26.9. The third-order valence-corrected chi connectivity index (χ3v) is 9.28. The van der Waals surface area contributed by atoms with Gasteiger partial charge in [0.05, 0.1) is 28.9 Å². The van der Waals surface area contributed by atoms with Crippen molar-refractivity contribution in [2.24, 2.45) is 0 Å². The Hall–Kier alpha value is -6.85. The van der Waals surface area contributed by atoms with Crippen molar-refractivity contribution in [3.8, 4) is 45.5 Å². The summed E-state index contributed by atoms with van der Waals surface area (Å²) in [6.45, 7) is 0. The zero-order valence-electron chi connectivity index (χ0n) is 31.6. The van der Waals surface area contributed by atoms with E-state index in [1.165, 1.54) is 0 Å². The molecule has 0 radical (unpaired) electrons. The summed E-state index contributed by atoms with van der Waals surface area (Å²) >= 11 is 0. The number of rotatable bonds is 5. The van der Waals surface area contributed by atoms with Crippen LogP contribution in [0.2, 0.25) is 0 Å². The lowest BCUT2D eigenvalue weighted by Crippen LogP contribution is -2.06. The largest absolute Gasteiger partial charge is 0.309 e. The highest BCUT2D eigenvalue weighted by Crippen LogP contribution is 2.39. The molecular weight excluding hydrogens is 611 g/mol. The van der Waals surface area contributed by atoms with E-state index in [0.29, 0.717) is 23.1 Å². The maximum atomic E-state index is 8.94. The van der Waals surface area contributed by atoms with Crippen LogP contribution in [0.15, 0.2) is 176 Å². The number of hydrogen-bond donors (Lipinski definition) is 0. The van der Waals surface area contributed by atoms with Gasteiger partial charge in [-0.25, -0.2) is 4.98 Å². The molecule has 5 nitrogen and oxygen atoms in total. The van der Waals surface area contributed by atoms with Crippen molar-refractivity contribution in [1.29, 1.82) is 0 Å². The van der Waals surface area contributed by atoms with Gasteiger partial charge in [0.25, 0.3) is 0 Å². The SMILES string of the molecule is [2H]c1c([2H])c([2H])c(-n2c3ccccc3c3cc4c5ccccc5n(-c5nc(-c6ccccc6)nc(-c6ccc(-c7ccccc7)cc6)n5)c4cc32)c([2H])c1[2H]. The van der Waals surface area contributed by atoms with E-state index in [1.54, 1.807) is 4.57 Å². The molecule has 10 aromatic rings. The van der Waals surface area contributed by atoms with Gasteiger partial charge in [0.1, 0.15) is 0 Å². The Labute approximate surface area is 295 Å². The van der Waals surface area contributed by atoms with Crippen LogP contribution in [0.1, 0.15) is 6.85 Å².